The number of carbonyl (C=O) groups excluding carboxylic acids is 1. The Morgan fingerprint density at radius 3 is 2.21 bits per heavy atom. The molecule has 1 N–H and O–H groups in total. The van der Waals surface area contributed by atoms with Gasteiger partial charge in [0.15, 0.2) is 24.0 Å². The monoisotopic (exact) mass is 473 g/mol. The zero-order valence-corrected chi connectivity index (χ0v) is 19.8. The second-order valence-electron chi connectivity index (χ2n) is 10.2. The molecule has 186 valence electrons. The molecule has 0 unspecified atom stereocenters. The molecule has 0 bridgehead atoms. The maximum absolute atomic E-state index is 13.6. The van der Waals surface area contributed by atoms with Crippen molar-refractivity contribution in [3.05, 3.63) is 24.3 Å². The molecule has 5 aliphatic rings. The van der Waals surface area contributed by atoms with Crippen LogP contribution in [0.3, 0.4) is 0 Å². The molecule has 0 aromatic heterocycles. The van der Waals surface area contributed by atoms with Crippen LogP contribution < -0.4 is 10.1 Å². The summed E-state index contributed by atoms with van der Waals surface area (Å²) in [5.74, 6) is -0.974. The molecule has 8 heteroatoms. The molecule has 1 aromatic rings. The Labute approximate surface area is 200 Å². The minimum absolute atomic E-state index is 0.287. The summed E-state index contributed by atoms with van der Waals surface area (Å²) >= 11 is 0. The fourth-order valence-electron chi connectivity index (χ4n) is 6.22. The van der Waals surface area contributed by atoms with Gasteiger partial charge in [-0.1, -0.05) is 25.0 Å². The number of rotatable bonds is 4. The van der Waals surface area contributed by atoms with Crippen LogP contribution in [0.4, 0.5) is 5.69 Å². The van der Waals surface area contributed by atoms with Crippen LogP contribution in [0, 0.1) is 0 Å². The van der Waals surface area contributed by atoms with E-state index in [1.165, 1.54) is 12.8 Å². The maximum atomic E-state index is 13.6. The zero-order chi connectivity index (χ0) is 23.2. The van der Waals surface area contributed by atoms with Crippen molar-refractivity contribution in [2.24, 2.45) is 0 Å². The molecule has 1 amide bonds. The van der Waals surface area contributed by atoms with E-state index in [0.29, 0.717) is 18.0 Å². The first-order chi connectivity index (χ1) is 16.6. The van der Waals surface area contributed by atoms with Crippen molar-refractivity contribution in [2.75, 3.05) is 11.9 Å². The van der Waals surface area contributed by atoms with E-state index >= 15 is 0 Å². The minimum Gasteiger partial charge on any atom is -0.492 e. The Balaban J connectivity index is 1.27. The Bertz CT molecular complexity index is 895. The second-order valence-corrected chi connectivity index (χ2v) is 10.2. The van der Waals surface area contributed by atoms with E-state index in [1.807, 2.05) is 31.2 Å². The van der Waals surface area contributed by atoms with Crippen molar-refractivity contribution >= 4 is 11.6 Å². The number of hydrogen-bond donors (Lipinski definition) is 1. The quantitative estimate of drug-likeness (QED) is 0.699. The summed E-state index contributed by atoms with van der Waals surface area (Å²) in [4.78, 5) is 13.6. The minimum atomic E-state index is -0.871. The van der Waals surface area contributed by atoms with Gasteiger partial charge in [-0.3, -0.25) is 4.79 Å². The summed E-state index contributed by atoms with van der Waals surface area (Å²) in [6.45, 7) is 2.42. The van der Waals surface area contributed by atoms with Gasteiger partial charge < -0.3 is 33.7 Å². The molecule has 34 heavy (non-hydrogen) atoms. The van der Waals surface area contributed by atoms with Gasteiger partial charge in [0.25, 0.3) is 5.91 Å². The fourth-order valence-corrected chi connectivity index (χ4v) is 6.22. The lowest BCUT2D eigenvalue weighted by Crippen LogP contribution is -2.58. The standard InChI is InChI=1S/C26H35NO7/c1-2-29-18-12-6-5-11-17(18)27-23(28)21-19-20(32-25(31-19)13-7-3-8-14-25)22-24(30-21)34-26(33-22)15-9-4-10-16-26/h5-6,11-12,19-22,24H,2-4,7-10,13-16H2,1H3,(H,27,28)/t19-,20-,21+,22+,24-/m0/s1. The van der Waals surface area contributed by atoms with E-state index < -0.39 is 42.3 Å². The average Bonchev–Trinajstić information content (AvgIpc) is 3.38. The number of hydrogen-bond acceptors (Lipinski definition) is 7. The summed E-state index contributed by atoms with van der Waals surface area (Å²) in [6, 6.07) is 7.41. The normalized spacial score (nSPS) is 35.6. The molecule has 8 nitrogen and oxygen atoms in total. The van der Waals surface area contributed by atoms with E-state index in [1.54, 1.807) is 0 Å². The average molecular weight is 474 g/mol. The van der Waals surface area contributed by atoms with Gasteiger partial charge >= 0.3 is 0 Å². The van der Waals surface area contributed by atoms with E-state index in [-0.39, 0.29) is 5.91 Å². The zero-order valence-electron chi connectivity index (χ0n) is 19.8. The third-order valence-corrected chi connectivity index (χ3v) is 7.81. The molecule has 1 aromatic carbocycles. The van der Waals surface area contributed by atoms with Crippen LogP contribution in [0.1, 0.15) is 71.1 Å². The number of para-hydroxylation sites is 2. The lowest BCUT2D eigenvalue weighted by Gasteiger charge is -2.36. The van der Waals surface area contributed by atoms with Gasteiger partial charge in [-0.05, 0) is 44.7 Å². The number of benzene rings is 1. The number of carbonyl (C=O) groups is 1. The molecule has 0 radical (unpaired) electrons. The number of nitrogens with one attached hydrogen (secondary N) is 1. The van der Waals surface area contributed by atoms with E-state index in [0.717, 1.165) is 51.4 Å². The van der Waals surface area contributed by atoms with Gasteiger partial charge in [0.05, 0.1) is 12.3 Å². The van der Waals surface area contributed by atoms with Crippen molar-refractivity contribution in [1.82, 2.24) is 0 Å². The Morgan fingerprint density at radius 2 is 1.50 bits per heavy atom. The summed E-state index contributed by atoms with van der Waals surface area (Å²) in [7, 11) is 0. The van der Waals surface area contributed by atoms with Crippen LogP contribution in [0.2, 0.25) is 0 Å². The van der Waals surface area contributed by atoms with Crippen molar-refractivity contribution in [2.45, 2.75) is 113 Å². The third kappa shape index (κ3) is 4.03. The van der Waals surface area contributed by atoms with Crippen LogP contribution in [0.5, 0.6) is 5.75 Å². The van der Waals surface area contributed by atoms with Gasteiger partial charge in [-0.15, -0.1) is 0 Å². The van der Waals surface area contributed by atoms with Gasteiger partial charge in [0.2, 0.25) is 0 Å². The molecule has 6 rings (SSSR count). The van der Waals surface area contributed by atoms with Crippen LogP contribution in [0.25, 0.3) is 0 Å². The Morgan fingerprint density at radius 1 is 0.882 bits per heavy atom. The van der Waals surface area contributed by atoms with Crippen LogP contribution in [0.15, 0.2) is 24.3 Å². The van der Waals surface area contributed by atoms with E-state index in [4.69, 9.17) is 28.4 Å². The summed E-state index contributed by atoms with van der Waals surface area (Å²) in [6.07, 6.45) is 7.02. The van der Waals surface area contributed by atoms with Crippen LogP contribution >= 0.6 is 0 Å². The largest absolute Gasteiger partial charge is 0.492 e. The molecular formula is C26H35NO7. The molecule has 5 atom stereocenters. The maximum Gasteiger partial charge on any atom is 0.256 e. The highest BCUT2D eigenvalue weighted by Crippen LogP contribution is 2.51. The summed E-state index contributed by atoms with van der Waals surface area (Å²) in [5, 5.41) is 3.00. The molecule has 3 aliphatic heterocycles. The fraction of sp³-hybridized carbons (Fsp3) is 0.731. The topological polar surface area (TPSA) is 84.5 Å². The summed E-state index contributed by atoms with van der Waals surface area (Å²) in [5.41, 5.74) is 0.607. The lowest BCUT2D eigenvalue weighted by molar-refractivity contribution is -0.246. The van der Waals surface area contributed by atoms with Gasteiger partial charge in [-0.25, -0.2) is 0 Å². The van der Waals surface area contributed by atoms with E-state index in [9.17, 15) is 4.79 Å². The van der Waals surface area contributed by atoms with Crippen molar-refractivity contribution in [1.29, 1.82) is 0 Å². The number of ether oxygens (including phenoxy) is 6. The third-order valence-electron chi connectivity index (χ3n) is 7.81. The van der Waals surface area contributed by atoms with Crippen LogP contribution in [-0.2, 0) is 28.5 Å². The lowest BCUT2D eigenvalue weighted by atomic mass is 9.94. The van der Waals surface area contributed by atoms with E-state index in [2.05, 4.69) is 5.32 Å². The SMILES string of the molecule is CCOc1ccccc1NC(=O)[C@@H]1O[C@H]2OC3(CCCCC3)O[C@@H]2[C@H]2OC3(CCCCC3)O[C@@H]21. The highest BCUT2D eigenvalue weighted by atomic mass is 16.9. The molecule has 5 fully saturated rings. The van der Waals surface area contributed by atoms with Gasteiger partial charge in [0, 0.05) is 25.7 Å². The number of anilines is 1. The number of fused-ring (bicyclic) bond motifs is 3. The molecule has 2 aliphatic carbocycles. The highest BCUT2D eigenvalue weighted by Gasteiger charge is 2.65. The Hall–Kier alpha value is -1.71. The first kappa shape index (κ1) is 22.7. The van der Waals surface area contributed by atoms with Crippen LogP contribution in [-0.4, -0.2) is 54.8 Å². The Kier molecular flexibility index (Phi) is 6.06. The first-order valence-electron chi connectivity index (χ1n) is 13.0. The van der Waals surface area contributed by atoms with Crippen molar-refractivity contribution in [3.63, 3.8) is 0 Å². The molecular weight excluding hydrogens is 438 g/mol. The van der Waals surface area contributed by atoms with Crippen molar-refractivity contribution < 1.29 is 33.2 Å². The van der Waals surface area contributed by atoms with Gasteiger partial charge in [-0.2, -0.15) is 0 Å². The molecule has 2 spiro atoms. The summed E-state index contributed by atoms with van der Waals surface area (Å²) < 4.78 is 38.1. The van der Waals surface area contributed by atoms with Gasteiger partial charge in [0.1, 0.15) is 24.1 Å². The number of amides is 1. The smallest absolute Gasteiger partial charge is 0.256 e. The predicted octanol–water partition coefficient (Wildman–Crippen LogP) is 4.27. The molecule has 3 heterocycles. The predicted molar refractivity (Wildman–Crippen MR) is 122 cm³/mol. The first-order valence-corrected chi connectivity index (χ1v) is 13.0. The highest BCUT2D eigenvalue weighted by molar-refractivity contribution is 5.96. The molecule has 3 saturated heterocycles. The van der Waals surface area contributed by atoms with Crippen molar-refractivity contribution in [3.8, 4) is 5.75 Å². The molecule has 2 saturated carbocycles. The second kappa shape index (κ2) is 9.06.